The van der Waals surface area contributed by atoms with Crippen molar-refractivity contribution in [3.8, 4) is 0 Å². The predicted molar refractivity (Wildman–Crippen MR) is 71.5 cm³/mol. The average molecular weight is 301 g/mol. The summed E-state index contributed by atoms with van der Waals surface area (Å²) in [6, 6.07) is 5.20. The Balaban J connectivity index is 2.50. The Morgan fingerprint density at radius 2 is 1.95 bits per heavy atom. The highest BCUT2D eigenvalue weighted by Crippen LogP contribution is 2.62. The lowest BCUT2D eigenvalue weighted by atomic mass is 9.99. The molecule has 1 fully saturated rings. The van der Waals surface area contributed by atoms with Crippen molar-refractivity contribution in [2.45, 2.75) is 18.1 Å². The van der Waals surface area contributed by atoms with Crippen LogP contribution in [0.2, 0.25) is 0 Å². The molecule has 3 atom stereocenters. The molecule has 0 aliphatic heterocycles. The SMILES string of the molecule is CCS(=O)(=O)[C@@H]1[C@H](c2ccc(F)cc2)[C@@]1(CN)C(=O)O. The highest BCUT2D eigenvalue weighted by atomic mass is 32.2. The van der Waals surface area contributed by atoms with Gasteiger partial charge in [-0.2, -0.15) is 0 Å². The van der Waals surface area contributed by atoms with Crippen molar-refractivity contribution in [2.75, 3.05) is 12.3 Å². The quantitative estimate of drug-likeness (QED) is 0.836. The third-order valence-corrected chi connectivity index (χ3v) is 6.28. The minimum atomic E-state index is -3.55. The van der Waals surface area contributed by atoms with Crippen molar-refractivity contribution in [3.63, 3.8) is 0 Å². The maximum absolute atomic E-state index is 12.9. The number of hydrogen-bond donors (Lipinski definition) is 2. The van der Waals surface area contributed by atoms with Gasteiger partial charge in [0.25, 0.3) is 0 Å². The highest BCUT2D eigenvalue weighted by molar-refractivity contribution is 7.92. The first kappa shape index (κ1) is 14.9. The Morgan fingerprint density at radius 1 is 1.40 bits per heavy atom. The van der Waals surface area contributed by atoms with Crippen molar-refractivity contribution in [1.29, 1.82) is 0 Å². The molecule has 7 heteroatoms. The number of halogens is 1. The second-order valence-electron chi connectivity index (χ2n) is 4.95. The van der Waals surface area contributed by atoms with Crippen LogP contribution in [0.1, 0.15) is 18.4 Å². The van der Waals surface area contributed by atoms with Crippen LogP contribution in [0.5, 0.6) is 0 Å². The van der Waals surface area contributed by atoms with Crippen LogP contribution in [0.15, 0.2) is 24.3 Å². The van der Waals surface area contributed by atoms with E-state index in [9.17, 15) is 22.7 Å². The molecule has 2 rings (SSSR count). The summed E-state index contributed by atoms with van der Waals surface area (Å²) in [7, 11) is -3.55. The smallest absolute Gasteiger partial charge is 0.312 e. The molecule has 0 amide bonds. The van der Waals surface area contributed by atoms with E-state index < -0.39 is 38.2 Å². The molecule has 0 aromatic heterocycles. The molecule has 0 bridgehead atoms. The number of rotatable bonds is 5. The van der Waals surface area contributed by atoms with E-state index >= 15 is 0 Å². The van der Waals surface area contributed by atoms with Crippen LogP contribution in [0.4, 0.5) is 4.39 Å². The summed E-state index contributed by atoms with van der Waals surface area (Å²) in [5, 5.41) is 8.35. The normalized spacial score (nSPS) is 29.1. The summed E-state index contributed by atoms with van der Waals surface area (Å²) in [5.74, 6) is -2.56. The van der Waals surface area contributed by atoms with Gasteiger partial charge in [0.1, 0.15) is 11.2 Å². The summed E-state index contributed by atoms with van der Waals surface area (Å²) in [5.41, 5.74) is 4.53. The van der Waals surface area contributed by atoms with E-state index in [-0.39, 0.29) is 12.3 Å². The minimum absolute atomic E-state index is 0.148. The predicted octanol–water partition coefficient (Wildman–Crippen LogP) is 0.756. The fourth-order valence-corrected chi connectivity index (χ4v) is 4.92. The molecule has 0 saturated heterocycles. The van der Waals surface area contributed by atoms with Crippen molar-refractivity contribution >= 4 is 15.8 Å². The molecule has 0 spiro atoms. The number of carboxylic acid groups (broad SMARTS) is 1. The van der Waals surface area contributed by atoms with Gasteiger partial charge in [-0.3, -0.25) is 4.79 Å². The van der Waals surface area contributed by atoms with E-state index in [4.69, 9.17) is 5.73 Å². The minimum Gasteiger partial charge on any atom is -0.481 e. The molecule has 20 heavy (non-hydrogen) atoms. The molecule has 0 unspecified atom stereocenters. The Morgan fingerprint density at radius 3 is 2.35 bits per heavy atom. The molecule has 0 radical (unpaired) electrons. The summed E-state index contributed by atoms with van der Waals surface area (Å²) < 4.78 is 37.1. The van der Waals surface area contributed by atoms with Crippen LogP contribution >= 0.6 is 0 Å². The first-order valence-corrected chi connectivity index (χ1v) is 7.93. The Hall–Kier alpha value is -1.47. The first-order chi connectivity index (χ1) is 9.31. The summed E-state index contributed by atoms with van der Waals surface area (Å²) >= 11 is 0. The van der Waals surface area contributed by atoms with Crippen LogP contribution < -0.4 is 5.73 Å². The zero-order valence-corrected chi connectivity index (χ0v) is 11.7. The fraction of sp³-hybridized carbons (Fsp3) is 0.462. The maximum atomic E-state index is 12.9. The van der Waals surface area contributed by atoms with Crippen molar-refractivity contribution in [1.82, 2.24) is 0 Å². The van der Waals surface area contributed by atoms with Gasteiger partial charge in [0.2, 0.25) is 0 Å². The van der Waals surface area contributed by atoms with Gasteiger partial charge in [0.05, 0.1) is 5.25 Å². The highest BCUT2D eigenvalue weighted by Gasteiger charge is 2.74. The van der Waals surface area contributed by atoms with Gasteiger partial charge < -0.3 is 10.8 Å². The number of aliphatic carboxylic acids is 1. The van der Waals surface area contributed by atoms with Crippen LogP contribution in [-0.2, 0) is 14.6 Å². The van der Waals surface area contributed by atoms with E-state index in [0.717, 1.165) is 0 Å². The van der Waals surface area contributed by atoms with Crippen LogP contribution in [0.3, 0.4) is 0 Å². The summed E-state index contributed by atoms with van der Waals surface area (Å²) in [6.07, 6.45) is 0. The van der Waals surface area contributed by atoms with E-state index in [1.807, 2.05) is 0 Å². The molecule has 1 aliphatic rings. The number of hydrogen-bond acceptors (Lipinski definition) is 4. The maximum Gasteiger partial charge on any atom is 0.312 e. The number of nitrogens with two attached hydrogens (primary N) is 1. The van der Waals surface area contributed by atoms with Gasteiger partial charge in [-0.15, -0.1) is 0 Å². The van der Waals surface area contributed by atoms with Crippen LogP contribution in [0.25, 0.3) is 0 Å². The lowest BCUT2D eigenvalue weighted by molar-refractivity contribution is -0.143. The lowest BCUT2D eigenvalue weighted by Gasteiger charge is -2.09. The van der Waals surface area contributed by atoms with Crippen LogP contribution in [-0.4, -0.2) is 37.0 Å². The molecular formula is C13H16FNO4S. The third-order valence-electron chi connectivity index (χ3n) is 4.01. The van der Waals surface area contributed by atoms with Crippen molar-refractivity contribution in [3.05, 3.63) is 35.6 Å². The second-order valence-corrected chi connectivity index (χ2v) is 7.36. The van der Waals surface area contributed by atoms with Crippen LogP contribution in [0, 0.1) is 11.2 Å². The van der Waals surface area contributed by atoms with Gasteiger partial charge in [0.15, 0.2) is 9.84 Å². The van der Waals surface area contributed by atoms with Gasteiger partial charge in [-0.25, -0.2) is 12.8 Å². The Labute approximate surface area is 116 Å². The zero-order valence-electron chi connectivity index (χ0n) is 10.9. The topological polar surface area (TPSA) is 97.5 Å². The second kappa shape index (κ2) is 4.82. The molecule has 110 valence electrons. The first-order valence-electron chi connectivity index (χ1n) is 6.21. The number of carbonyl (C=O) groups is 1. The van der Waals surface area contributed by atoms with Gasteiger partial charge in [0, 0.05) is 18.2 Å². The molecule has 0 heterocycles. The average Bonchev–Trinajstić information content (AvgIpc) is 3.11. The Kier molecular flexibility index (Phi) is 3.60. The number of sulfone groups is 1. The number of benzene rings is 1. The molecule has 1 aliphatic carbocycles. The van der Waals surface area contributed by atoms with Crippen molar-refractivity contribution < 1.29 is 22.7 Å². The molecule has 5 nitrogen and oxygen atoms in total. The van der Waals surface area contributed by atoms with Crippen molar-refractivity contribution in [2.24, 2.45) is 11.1 Å². The lowest BCUT2D eigenvalue weighted by Crippen LogP contribution is -2.32. The monoisotopic (exact) mass is 301 g/mol. The van der Waals surface area contributed by atoms with E-state index in [0.29, 0.717) is 5.56 Å². The van der Waals surface area contributed by atoms with E-state index in [1.165, 1.54) is 31.2 Å². The summed E-state index contributed by atoms with van der Waals surface area (Å²) in [6.45, 7) is 1.20. The van der Waals surface area contributed by atoms with Gasteiger partial charge in [-0.05, 0) is 17.7 Å². The fourth-order valence-electron chi connectivity index (χ4n) is 2.84. The van der Waals surface area contributed by atoms with E-state index in [2.05, 4.69) is 0 Å². The Bertz CT molecular complexity index is 628. The summed E-state index contributed by atoms with van der Waals surface area (Å²) in [4.78, 5) is 11.5. The molecule has 1 aromatic rings. The molecular weight excluding hydrogens is 285 g/mol. The molecule has 3 N–H and O–H groups in total. The largest absolute Gasteiger partial charge is 0.481 e. The molecule has 1 saturated carbocycles. The zero-order chi connectivity index (χ0) is 15.1. The molecule has 1 aromatic carbocycles. The third kappa shape index (κ3) is 2.01. The number of carboxylic acids is 1. The van der Waals surface area contributed by atoms with Gasteiger partial charge >= 0.3 is 5.97 Å². The standard InChI is InChI=1S/C13H16FNO4S/c1-2-20(18,19)11-10(13(11,7-15)12(16)17)8-3-5-9(14)6-4-8/h3-6,10-11H,2,7,15H2,1H3,(H,16,17)/t10-,11+,13+/m0/s1. The van der Waals surface area contributed by atoms with Gasteiger partial charge in [-0.1, -0.05) is 19.1 Å². The van der Waals surface area contributed by atoms with E-state index in [1.54, 1.807) is 0 Å².